The summed E-state index contributed by atoms with van der Waals surface area (Å²) in [6.07, 6.45) is 2.46. The van der Waals surface area contributed by atoms with Crippen molar-refractivity contribution in [3.63, 3.8) is 0 Å². The molecule has 1 saturated heterocycles. The van der Waals surface area contributed by atoms with Crippen LogP contribution in [-0.2, 0) is 6.18 Å². The average molecular weight is 581 g/mol. The van der Waals surface area contributed by atoms with Gasteiger partial charge in [-0.15, -0.1) is 0 Å². The topological polar surface area (TPSA) is 101 Å². The average Bonchev–Trinajstić information content (AvgIpc) is 3.38. The predicted octanol–water partition coefficient (Wildman–Crippen LogP) is 6.48. The van der Waals surface area contributed by atoms with Crippen molar-refractivity contribution in [2.24, 2.45) is 0 Å². The molecule has 0 radical (unpaired) electrons. The van der Waals surface area contributed by atoms with E-state index in [-0.39, 0.29) is 28.6 Å². The first-order valence-electron chi connectivity index (χ1n) is 12.9. The van der Waals surface area contributed by atoms with Crippen molar-refractivity contribution in [2.75, 3.05) is 17.2 Å². The van der Waals surface area contributed by atoms with Gasteiger partial charge >= 0.3 is 6.18 Å². The van der Waals surface area contributed by atoms with Crippen LogP contribution in [0.15, 0.2) is 73.3 Å². The molecule has 41 heavy (non-hydrogen) atoms. The van der Waals surface area contributed by atoms with Crippen LogP contribution in [0.3, 0.4) is 0 Å². The highest BCUT2D eigenvalue weighted by Crippen LogP contribution is 2.46. The molecule has 3 N–H and O–H groups in total. The number of hydrogen-bond acceptors (Lipinski definition) is 7. The molecule has 1 amide bonds. The Bertz CT molecular complexity index is 1600. The van der Waals surface area contributed by atoms with Crippen LogP contribution in [0.1, 0.15) is 35.2 Å². The molecule has 2 aliphatic rings. The Morgan fingerprint density at radius 2 is 1.98 bits per heavy atom. The van der Waals surface area contributed by atoms with Crippen LogP contribution in [0.4, 0.5) is 30.4 Å². The number of aromatic nitrogens is 3. The molecular formula is C29H24ClF3N6O2. The minimum absolute atomic E-state index is 0.0332. The molecule has 3 heterocycles. The van der Waals surface area contributed by atoms with Crippen LogP contribution in [0.2, 0.25) is 5.02 Å². The number of ether oxygens (including phenoxy) is 1. The minimum Gasteiger partial charge on any atom is -0.488 e. The second-order valence-corrected chi connectivity index (χ2v) is 10.4. The summed E-state index contributed by atoms with van der Waals surface area (Å²) in [6, 6.07) is 13.1. The number of rotatable bonds is 7. The van der Waals surface area contributed by atoms with Crippen molar-refractivity contribution in [1.29, 1.82) is 0 Å². The predicted molar refractivity (Wildman–Crippen MR) is 148 cm³/mol. The van der Waals surface area contributed by atoms with E-state index < -0.39 is 17.6 Å². The van der Waals surface area contributed by atoms with Gasteiger partial charge in [0.25, 0.3) is 5.91 Å². The van der Waals surface area contributed by atoms with Gasteiger partial charge < -0.3 is 20.7 Å². The van der Waals surface area contributed by atoms with Crippen LogP contribution in [0.25, 0.3) is 11.3 Å². The van der Waals surface area contributed by atoms with Gasteiger partial charge in [0.1, 0.15) is 24.0 Å². The maximum absolute atomic E-state index is 13.7. The Morgan fingerprint density at radius 1 is 1.10 bits per heavy atom. The van der Waals surface area contributed by atoms with Gasteiger partial charge in [0.15, 0.2) is 0 Å². The molecule has 2 fully saturated rings. The van der Waals surface area contributed by atoms with E-state index in [0.29, 0.717) is 27.8 Å². The van der Waals surface area contributed by atoms with Crippen molar-refractivity contribution in [1.82, 2.24) is 20.3 Å². The molecule has 6 rings (SSSR count). The standard InChI is InChI=1S/C29H24ClF3N6O2/c30-22-5-4-17(11-24(22)39-26-21(3-1-8-35-26)23-6-10-34-16-36-23)27(40)38-19-12-18(29(31,32)33)13-20(14-19)41-25-15-28(25)7-2-9-37-28/h1,3-6,8,10-14,16,25,37H,2,7,9,15H2,(H,35,39)(H,38,40)/t25-,28-/m1/s1. The van der Waals surface area contributed by atoms with Crippen molar-refractivity contribution < 1.29 is 22.7 Å². The lowest BCUT2D eigenvalue weighted by Crippen LogP contribution is -2.29. The highest BCUT2D eigenvalue weighted by Gasteiger charge is 2.57. The smallest absolute Gasteiger partial charge is 0.416 e. The van der Waals surface area contributed by atoms with Gasteiger partial charge in [0, 0.05) is 41.7 Å². The summed E-state index contributed by atoms with van der Waals surface area (Å²) in [6.45, 7) is 0.865. The molecule has 4 aromatic rings. The van der Waals surface area contributed by atoms with Crippen LogP contribution in [-0.4, -0.2) is 39.0 Å². The molecule has 210 valence electrons. The normalized spacial score (nSPS) is 19.7. The Morgan fingerprint density at radius 3 is 2.73 bits per heavy atom. The van der Waals surface area contributed by atoms with E-state index in [1.165, 1.54) is 30.6 Å². The van der Waals surface area contributed by atoms with Crippen molar-refractivity contribution in [2.45, 2.75) is 37.1 Å². The quantitative estimate of drug-likeness (QED) is 0.230. The van der Waals surface area contributed by atoms with E-state index in [0.717, 1.165) is 37.9 Å². The molecular weight excluding hydrogens is 557 g/mol. The molecule has 1 saturated carbocycles. The highest BCUT2D eigenvalue weighted by molar-refractivity contribution is 6.33. The third kappa shape index (κ3) is 5.82. The number of anilines is 3. The lowest BCUT2D eigenvalue weighted by atomic mass is 10.1. The maximum Gasteiger partial charge on any atom is 0.416 e. The SMILES string of the molecule is O=C(Nc1cc(O[C@@H]2C[C@]23CCCN3)cc(C(F)(F)F)c1)c1ccc(Cl)c(Nc2ncccc2-c2ccncn2)c1. The van der Waals surface area contributed by atoms with E-state index in [2.05, 4.69) is 30.9 Å². The first-order chi connectivity index (χ1) is 19.7. The zero-order valence-corrected chi connectivity index (χ0v) is 22.3. The number of halogens is 4. The Balaban J connectivity index is 1.23. The summed E-state index contributed by atoms with van der Waals surface area (Å²) in [4.78, 5) is 25.7. The molecule has 2 aromatic carbocycles. The van der Waals surface area contributed by atoms with Crippen molar-refractivity contribution in [3.05, 3.63) is 89.5 Å². The van der Waals surface area contributed by atoms with Crippen LogP contribution < -0.4 is 20.7 Å². The number of hydrogen-bond donors (Lipinski definition) is 3. The number of pyridine rings is 1. The highest BCUT2D eigenvalue weighted by atomic mass is 35.5. The maximum atomic E-state index is 13.7. The van der Waals surface area contributed by atoms with Gasteiger partial charge in [0.2, 0.25) is 0 Å². The summed E-state index contributed by atoms with van der Waals surface area (Å²) in [5.41, 5.74) is 0.758. The molecule has 2 aromatic heterocycles. The monoisotopic (exact) mass is 580 g/mol. The molecule has 1 aliphatic carbocycles. The largest absolute Gasteiger partial charge is 0.488 e. The van der Waals surface area contributed by atoms with E-state index in [1.54, 1.807) is 24.5 Å². The molecule has 12 heteroatoms. The third-order valence-electron chi connectivity index (χ3n) is 7.20. The van der Waals surface area contributed by atoms with E-state index in [9.17, 15) is 18.0 Å². The van der Waals surface area contributed by atoms with Crippen LogP contribution >= 0.6 is 11.6 Å². The minimum atomic E-state index is -4.62. The summed E-state index contributed by atoms with van der Waals surface area (Å²) in [5.74, 6) is -0.121. The zero-order valence-electron chi connectivity index (χ0n) is 21.5. The number of nitrogens with zero attached hydrogens (tertiary/aromatic N) is 3. The number of nitrogens with one attached hydrogen (secondary N) is 3. The lowest BCUT2D eigenvalue weighted by molar-refractivity contribution is -0.137. The van der Waals surface area contributed by atoms with Gasteiger partial charge in [0.05, 0.1) is 27.5 Å². The molecule has 0 unspecified atom stereocenters. The zero-order chi connectivity index (χ0) is 28.6. The summed E-state index contributed by atoms with van der Waals surface area (Å²) >= 11 is 6.41. The molecule has 1 spiro atoms. The van der Waals surface area contributed by atoms with E-state index in [4.69, 9.17) is 16.3 Å². The number of carbonyl (C=O) groups is 1. The lowest BCUT2D eigenvalue weighted by Gasteiger charge is -2.16. The van der Waals surface area contributed by atoms with E-state index >= 15 is 0 Å². The fourth-order valence-electron chi connectivity index (χ4n) is 5.03. The van der Waals surface area contributed by atoms with E-state index in [1.807, 2.05) is 6.07 Å². The Hall–Kier alpha value is -4.22. The molecule has 2 atom stereocenters. The Kier molecular flexibility index (Phi) is 7.00. The third-order valence-corrected chi connectivity index (χ3v) is 7.53. The fourth-order valence-corrected chi connectivity index (χ4v) is 5.19. The molecule has 1 aliphatic heterocycles. The molecule has 0 bridgehead atoms. The summed E-state index contributed by atoms with van der Waals surface area (Å²) in [7, 11) is 0. The number of benzene rings is 2. The summed E-state index contributed by atoms with van der Waals surface area (Å²) < 4.78 is 47.0. The first kappa shape index (κ1) is 27.0. The first-order valence-corrected chi connectivity index (χ1v) is 13.3. The van der Waals surface area contributed by atoms with Crippen LogP contribution in [0, 0.1) is 0 Å². The number of carbonyl (C=O) groups excluding carboxylic acids is 1. The summed E-state index contributed by atoms with van der Waals surface area (Å²) in [5, 5.41) is 9.41. The Labute approximate surface area is 238 Å². The number of amides is 1. The van der Waals surface area contributed by atoms with Gasteiger partial charge in [-0.2, -0.15) is 13.2 Å². The number of alkyl halides is 3. The van der Waals surface area contributed by atoms with Gasteiger partial charge in [-0.05, 0) is 67.9 Å². The second kappa shape index (κ2) is 10.6. The van der Waals surface area contributed by atoms with Crippen LogP contribution in [0.5, 0.6) is 5.75 Å². The van der Waals surface area contributed by atoms with Crippen molar-refractivity contribution in [3.8, 4) is 17.0 Å². The van der Waals surface area contributed by atoms with Crippen molar-refractivity contribution >= 4 is 34.7 Å². The molecule has 8 nitrogen and oxygen atoms in total. The van der Waals surface area contributed by atoms with Gasteiger partial charge in [-0.25, -0.2) is 15.0 Å². The van der Waals surface area contributed by atoms with Gasteiger partial charge in [-0.3, -0.25) is 4.79 Å². The fraction of sp³-hybridized carbons (Fsp3) is 0.241. The van der Waals surface area contributed by atoms with Gasteiger partial charge in [-0.1, -0.05) is 11.6 Å². The second-order valence-electron chi connectivity index (χ2n) is 10.0.